The van der Waals surface area contributed by atoms with Gasteiger partial charge in [-0.1, -0.05) is 30.1 Å². The van der Waals surface area contributed by atoms with E-state index in [1.807, 2.05) is 13.8 Å². The molecule has 0 spiro atoms. The van der Waals surface area contributed by atoms with E-state index in [4.69, 9.17) is 23.2 Å². The van der Waals surface area contributed by atoms with Crippen LogP contribution in [0, 0.1) is 0 Å². The molecule has 8 heteroatoms. The van der Waals surface area contributed by atoms with Crippen LogP contribution in [0.15, 0.2) is 6.07 Å². The number of rotatable bonds is 5. The molecule has 1 aromatic heterocycles. The van der Waals surface area contributed by atoms with Gasteiger partial charge in [0.2, 0.25) is 5.91 Å². The van der Waals surface area contributed by atoms with Crippen molar-refractivity contribution in [1.29, 1.82) is 0 Å². The lowest BCUT2D eigenvalue weighted by atomic mass is 10.2. The molecule has 1 amide bonds. The van der Waals surface area contributed by atoms with Gasteiger partial charge in [0.05, 0.1) is 27.5 Å². The highest BCUT2D eigenvalue weighted by Crippen LogP contribution is 2.35. The van der Waals surface area contributed by atoms with Crippen molar-refractivity contribution in [2.45, 2.75) is 39.3 Å². The van der Waals surface area contributed by atoms with Crippen molar-refractivity contribution in [2.24, 2.45) is 0 Å². The van der Waals surface area contributed by atoms with Crippen LogP contribution < -0.4 is 10.6 Å². The Balaban J connectivity index is 2.23. The summed E-state index contributed by atoms with van der Waals surface area (Å²) in [5, 5.41) is 6.89. The van der Waals surface area contributed by atoms with Crippen LogP contribution in [0.5, 0.6) is 0 Å². The molecule has 0 aliphatic rings. The molecule has 0 aliphatic heterocycles. The second-order valence-corrected chi connectivity index (χ2v) is 6.20. The predicted octanol–water partition coefficient (Wildman–Crippen LogP) is 3.71. The van der Waals surface area contributed by atoms with Crippen LogP contribution >= 0.6 is 34.9 Å². The molecule has 0 saturated carbocycles. The third kappa shape index (κ3) is 3.56. The molecule has 0 aliphatic carbocycles. The van der Waals surface area contributed by atoms with Gasteiger partial charge in [0, 0.05) is 6.04 Å². The van der Waals surface area contributed by atoms with Crippen LogP contribution in [0.25, 0.3) is 11.0 Å². The van der Waals surface area contributed by atoms with E-state index in [2.05, 4.69) is 19.4 Å². The lowest BCUT2D eigenvalue weighted by Crippen LogP contribution is -2.41. The van der Waals surface area contributed by atoms with Crippen molar-refractivity contribution >= 4 is 57.6 Å². The number of aromatic nitrogens is 2. The molecule has 0 bridgehead atoms. The first-order valence-electron chi connectivity index (χ1n) is 6.61. The number of benzene rings is 1. The van der Waals surface area contributed by atoms with Crippen LogP contribution in [-0.2, 0) is 4.79 Å². The zero-order valence-corrected chi connectivity index (χ0v) is 14.2. The molecule has 2 aromatic rings. The number of hydrogen-bond donors (Lipinski definition) is 2. The fourth-order valence-electron chi connectivity index (χ4n) is 1.76. The van der Waals surface area contributed by atoms with E-state index in [0.717, 1.165) is 18.1 Å². The highest BCUT2D eigenvalue weighted by molar-refractivity contribution is 7.00. The largest absolute Gasteiger partial charge is 0.371 e. The monoisotopic (exact) mass is 346 g/mol. The Morgan fingerprint density at radius 3 is 2.62 bits per heavy atom. The second-order valence-electron chi connectivity index (χ2n) is 4.86. The van der Waals surface area contributed by atoms with Crippen LogP contribution in [0.4, 0.5) is 5.69 Å². The highest BCUT2D eigenvalue weighted by Gasteiger charge is 2.19. The Kier molecular flexibility index (Phi) is 5.24. The molecule has 0 saturated heterocycles. The second kappa shape index (κ2) is 6.77. The maximum Gasteiger partial charge on any atom is 0.242 e. The topological polar surface area (TPSA) is 66.9 Å². The van der Waals surface area contributed by atoms with Gasteiger partial charge in [-0.3, -0.25) is 4.79 Å². The van der Waals surface area contributed by atoms with Crippen LogP contribution in [-0.4, -0.2) is 26.7 Å². The summed E-state index contributed by atoms with van der Waals surface area (Å²) >= 11 is 13.3. The van der Waals surface area contributed by atoms with Crippen LogP contribution in [0.2, 0.25) is 10.0 Å². The lowest BCUT2D eigenvalue weighted by Gasteiger charge is -2.19. The molecular weight excluding hydrogens is 331 g/mol. The molecule has 0 fully saturated rings. The average molecular weight is 347 g/mol. The van der Waals surface area contributed by atoms with Gasteiger partial charge in [-0.15, -0.1) is 0 Å². The van der Waals surface area contributed by atoms with Crippen LogP contribution in [0.1, 0.15) is 27.2 Å². The fraction of sp³-hybridized carbons (Fsp3) is 0.462. The van der Waals surface area contributed by atoms with Crippen molar-refractivity contribution in [1.82, 2.24) is 14.1 Å². The van der Waals surface area contributed by atoms with E-state index in [0.29, 0.717) is 26.8 Å². The van der Waals surface area contributed by atoms with Gasteiger partial charge in [-0.05, 0) is 26.3 Å². The first-order chi connectivity index (χ1) is 9.93. The van der Waals surface area contributed by atoms with Gasteiger partial charge in [0.1, 0.15) is 17.1 Å². The number of carbonyl (C=O) groups is 1. The van der Waals surface area contributed by atoms with Crippen molar-refractivity contribution in [2.75, 3.05) is 5.32 Å². The third-order valence-electron chi connectivity index (χ3n) is 3.20. The quantitative estimate of drug-likeness (QED) is 0.865. The molecule has 5 nitrogen and oxygen atoms in total. The van der Waals surface area contributed by atoms with E-state index >= 15 is 0 Å². The Labute approximate surface area is 137 Å². The molecule has 2 N–H and O–H groups in total. The number of anilines is 1. The molecular formula is C13H16Cl2N4OS. The van der Waals surface area contributed by atoms with Gasteiger partial charge in [-0.25, -0.2) is 0 Å². The van der Waals surface area contributed by atoms with E-state index in [1.54, 1.807) is 13.0 Å². The summed E-state index contributed by atoms with van der Waals surface area (Å²) in [6.07, 6.45) is 0.875. The maximum atomic E-state index is 12.1. The van der Waals surface area contributed by atoms with Gasteiger partial charge in [0.15, 0.2) is 0 Å². The number of fused-ring (bicyclic) bond motifs is 1. The summed E-state index contributed by atoms with van der Waals surface area (Å²) in [4.78, 5) is 12.1. The Morgan fingerprint density at radius 2 is 1.95 bits per heavy atom. The fourth-order valence-corrected chi connectivity index (χ4v) is 2.93. The molecule has 0 radical (unpaired) electrons. The minimum Gasteiger partial charge on any atom is -0.371 e. The molecule has 2 rings (SSSR count). The number of hydrogen-bond acceptors (Lipinski definition) is 5. The molecule has 1 aromatic carbocycles. The van der Waals surface area contributed by atoms with Crippen LogP contribution in [0.3, 0.4) is 0 Å². The van der Waals surface area contributed by atoms with Gasteiger partial charge in [-0.2, -0.15) is 8.75 Å². The SMILES string of the molecule is CCC(C)NC(=O)C(C)Nc1c(Cl)cc(Cl)c2nsnc12. The zero-order valence-electron chi connectivity index (χ0n) is 11.9. The normalized spacial score (nSPS) is 14.0. The molecule has 2 atom stereocenters. The first-order valence-corrected chi connectivity index (χ1v) is 8.09. The standard InChI is InChI=1S/C13H16Cl2N4OS/c1-4-6(2)16-13(20)7(3)17-10-8(14)5-9(15)11-12(10)19-21-18-11/h5-7,17H,4H2,1-3H3,(H,16,20). The van der Waals surface area contributed by atoms with E-state index in [9.17, 15) is 4.79 Å². The summed E-state index contributed by atoms with van der Waals surface area (Å²) in [5.41, 5.74) is 1.75. The molecule has 21 heavy (non-hydrogen) atoms. The van der Waals surface area contributed by atoms with E-state index in [-0.39, 0.29) is 11.9 Å². The first kappa shape index (κ1) is 16.3. The Bertz CT molecular complexity index is 661. The Hall–Kier alpha value is -1.11. The molecule has 114 valence electrons. The van der Waals surface area contributed by atoms with Crippen molar-refractivity contribution in [3.63, 3.8) is 0 Å². The summed E-state index contributed by atoms with van der Waals surface area (Å²) in [7, 11) is 0. The summed E-state index contributed by atoms with van der Waals surface area (Å²) in [6.45, 7) is 5.75. The molecule has 2 unspecified atom stereocenters. The summed E-state index contributed by atoms with van der Waals surface area (Å²) in [5.74, 6) is -0.0910. The molecule has 1 heterocycles. The number of halogens is 2. The summed E-state index contributed by atoms with van der Waals surface area (Å²) < 4.78 is 8.33. The average Bonchev–Trinajstić information content (AvgIpc) is 2.92. The van der Waals surface area contributed by atoms with Crippen molar-refractivity contribution in [3.05, 3.63) is 16.1 Å². The van der Waals surface area contributed by atoms with Crippen molar-refractivity contribution in [3.8, 4) is 0 Å². The number of carbonyl (C=O) groups excluding carboxylic acids is 1. The lowest BCUT2D eigenvalue weighted by molar-refractivity contribution is -0.122. The smallest absolute Gasteiger partial charge is 0.242 e. The van der Waals surface area contributed by atoms with Gasteiger partial charge in [0.25, 0.3) is 0 Å². The van der Waals surface area contributed by atoms with Gasteiger partial charge < -0.3 is 10.6 Å². The minimum absolute atomic E-state index is 0.0910. The maximum absolute atomic E-state index is 12.1. The third-order valence-corrected chi connectivity index (χ3v) is 4.31. The zero-order chi connectivity index (χ0) is 15.6. The van der Waals surface area contributed by atoms with Gasteiger partial charge >= 0.3 is 0 Å². The minimum atomic E-state index is -0.442. The number of amides is 1. The van der Waals surface area contributed by atoms with Crippen molar-refractivity contribution < 1.29 is 4.79 Å². The number of nitrogens with one attached hydrogen (secondary N) is 2. The van der Waals surface area contributed by atoms with E-state index in [1.165, 1.54) is 0 Å². The Morgan fingerprint density at radius 1 is 1.29 bits per heavy atom. The highest BCUT2D eigenvalue weighted by atomic mass is 35.5. The predicted molar refractivity (Wildman–Crippen MR) is 88.4 cm³/mol. The summed E-state index contributed by atoms with van der Waals surface area (Å²) in [6, 6.07) is 1.29. The van der Waals surface area contributed by atoms with E-state index < -0.39 is 6.04 Å². The number of nitrogens with zero attached hydrogens (tertiary/aromatic N) is 2.